The van der Waals surface area contributed by atoms with Gasteiger partial charge in [0.05, 0.1) is 11.7 Å². The highest BCUT2D eigenvalue weighted by Crippen LogP contribution is 2.23. The van der Waals surface area contributed by atoms with E-state index < -0.39 is 6.10 Å². The van der Waals surface area contributed by atoms with Crippen LogP contribution in [0.15, 0.2) is 59.2 Å². The van der Waals surface area contributed by atoms with Crippen LogP contribution in [-0.4, -0.2) is 11.0 Å². The number of carbonyl (C=O) groups excluding carboxylic acids is 1. The molecule has 4 heteroatoms. The maximum atomic E-state index is 12.3. The summed E-state index contributed by atoms with van der Waals surface area (Å²) in [5.41, 5.74) is 2.57. The van der Waals surface area contributed by atoms with Gasteiger partial charge in [0, 0.05) is 11.1 Å². The molecule has 3 aromatic rings. The van der Waals surface area contributed by atoms with Crippen LogP contribution in [0.3, 0.4) is 0 Å². The van der Waals surface area contributed by atoms with E-state index >= 15 is 0 Å². The van der Waals surface area contributed by atoms with E-state index in [1.807, 2.05) is 30.3 Å². The van der Waals surface area contributed by atoms with E-state index in [1.165, 1.54) is 6.26 Å². The second-order valence-electron chi connectivity index (χ2n) is 4.90. The SMILES string of the molecule is CC(O)c1cccc(NC(=O)c2coc3ccccc23)c1. The highest BCUT2D eigenvalue weighted by atomic mass is 16.3. The molecule has 0 aliphatic carbocycles. The highest BCUT2D eigenvalue weighted by molar-refractivity contribution is 6.12. The Morgan fingerprint density at radius 3 is 2.81 bits per heavy atom. The number of hydrogen-bond donors (Lipinski definition) is 2. The van der Waals surface area contributed by atoms with Gasteiger partial charge in [-0.15, -0.1) is 0 Å². The molecule has 3 rings (SSSR count). The zero-order chi connectivity index (χ0) is 14.8. The lowest BCUT2D eigenvalue weighted by Gasteiger charge is -2.08. The molecule has 1 amide bonds. The second-order valence-corrected chi connectivity index (χ2v) is 4.90. The van der Waals surface area contributed by atoms with Crippen molar-refractivity contribution in [3.63, 3.8) is 0 Å². The number of aliphatic hydroxyl groups excluding tert-OH is 1. The Morgan fingerprint density at radius 1 is 1.19 bits per heavy atom. The van der Waals surface area contributed by atoms with Crippen molar-refractivity contribution in [1.82, 2.24) is 0 Å². The van der Waals surface area contributed by atoms with Crippen LogP contribution in [-0.2, 0) is 0 Å². The minimum Gasteiger partial charge on any atom is -0.463 e. The molecule has 0 bridgehead atoms. The third kappa shape index (κ3) is 2.66. The minimum absolute atomic E-state index is 0.234. The summed E-state index contributed by atoms with van der Waals surface area (Å²) in [5, 5.41) is 13.2. The van der Waals surface area contributed by atoms with E-state index in [9.17, 15) is 9.90 Å². The lowest BCUT2D eigenvalue weighted by Crippen LogP contribution is -2.11. The maximum absolute atomic E-state index is 12.3. The molecule has 4 nitrogen and oxygen atoms in total. The predicted molar refractivity (Wildman–Crippen MR) is 81.2 cm³/mol. The first-order valence-corrected chi connectivity index (χ1v) is 6.71. The van der Waals surface area contributed by atoms with Crippen LogP contribution < -0.4 is 5.32 Å². The van der Waals surface area contributed by atoms with Gasteiger partial charge in [-0.2, -0.15) is 0 Å². The van der Waals surface area contributed by atoms with Crippen LogP contribution in [0.2, 0.25) is 0 Å². The van der Waals surface area contributed by atoms with Gasteiger partial charge in [0.25, 0.3) is 5.91 Å². The quantitative estimate of drug-likeness (QED) is 0.768. The lowest BCUT2D eigenvalue weighted by atomic mass is 10.1. The van der Waals surface area contributed by atoms with Crippen LogP contribution >= 0.6 is 0 Å². The standard InChI is InChI=1S/C17H15NO3/c1-11(19)12-5-4-6-13(9-12)18-17(20)15-10-21-16-8-3-2-7-14(15)16/h2-11,19H,1H3,(H,18,20). The molecular formula is C17H15NO3. The summed E-state index contributed by atoms with van der Waals surface area (Å²) in [4.78, 5) is 12.3. The van der Waals surface area contributed by atoms with Gasteiger partial charge >= 0.3 is 0 Å². The molecule has 1 aromatic heterocycles. The molecular weight excluding hydrogens is 266 g/mol. The van der Waals surface area contributed by atoms with Gasteiger partial charge in [-0.05, 0) is 30.7 Å². The fourth-order valence-corrected chi connectivity index (χ4v) is 2.23. The number of hydrogen-bond acceptors (Lipinski definition) is 3. The number of rotatable bonds is 3. The average Bonchev–Trinajstić information content (AvgIpc) is 2.91. The van der Waals surface area contributed by atoms with E-state index in [0.717, 1.165) is 10.9 Å². The van der Waals surface area contributed by atoms with Gasteiger partial charge in [0.1, 0.15) is 11.8 Å². The molecule has 0 aliphatic heterocycles. The smallest absolute Gasteiger partial charge is 0.259 e. The summed E-state index contributed by atoms with van der Waals surface area (Å²) < 4.78 is 5.37. The van der Waals surface area contributed by atoms with Crippen LogP contribution in [0.5, 0.6) is 0 Å². The zero-order valence-electron chi connectivity index (χ0n) is 11.5. The largest absolute Gasteiger partial charge is 0.463 e. The number of benzene rings is 2. The predicted octanol–water partition coefficient (Wildman–Crippen LogP) is 3.74. The first-order chi connectivity index (χ1) is 10.1. The molecule has 2 N–H and O–H groups in total. The van der Waals surface area contributed by atoms with Crippen molar-refractivity contribution in [2.45, 2.75) is 13.0 Å². The second kappa shape index (κ2) is 5.42. The normalized spacial score (nSPS) is 12.3. The Kier molecular flexibility index (Phi) is 3.46. The Hall–Kier alpha value is -2.59. The number of furan rings is 1. The van der Waals surface area contributed by atoms with Crippen molar-refractivity contribution < 1.29 is 14.3 Å². The monoisotopic (exact) mass is 281 g/mol. The number of anilines is 1. The Morgan fingerprint density at radius 2 is 2.00 bits per heavy atom. The number of aliphatic hydroxyl groups is 1. The summed E-state index contributed by atoms with van der Waals surface area (Å²) >= 11 is 0. The Labute approximate surface area is 122 Å². The van der Waals surface area contributed by atoms with Crippen LogP contribution in [0.1, 0.15) is 28.9 Å². The van der Waals surface area contributed by atoms with Crippen LogP contribution in [0, 0.1) is 0 Å². The van der Waals surface area contributed by atoms with Crippen LogP contribution in [0.25, 0.3) is 11.0 Å². The van der Waals surface area contributed by atoms with Gasteiger partial charge in [-0.3, -0.25) is 4.79 Å². The number of para-hydroxylation sites is 1. The first-order valence-electron chi connectivity index (χ1n) is 6.71. The summed E-state index contributed by atoms with van der Waals surface area (Å²) in [6, 6.07) is 14.5. The van der Waals surface area contributed by atoms with Gasteiger partial charge in [-0.25, -0.2) is 0 Å². The Bertz CT molecular complexity index is 789. The molecule has 0 saturated carbocycles. The molecule has 0 spiro atoms. The number of fused-ring (bicyclic) bond motifs is 1. The fraction of sp³-hybridized carbons (Fsp3) is 0.118. The number of nitrogens with one attached hydrogen (secondary N) is 1. The van der Waals surface area contributed by atoms with E-state index in [1.54, 1.807) is 25.1 Å². The third-order valence-corrected chi connectivity index (χ3v) is 3.35. The van der Waals surface area contributed by atoms with E-state index in [0.29, 0.717) is 16.8 Å². The van der Waals surface area contributed by atoms with Crippen molar-refractivity contribution in [3.8, 4) is 0 Å². The van der Waals surface area contributed by atoms with E-state index in [2.05, 4.69) is 5.32 Å². The van der Waals surface area contributed by atoms with Crippen molar-refractivity contribution in [1.29, 1.82) is 0 Å². The van der Waals surface area contributed by atoms with Gasteiger partial charge in [-0.1, -0.05) is 30.3 Å². The highest BCUT2D eigenvalue weighted by Gasteiger charge is 2.13. The van der Waals surface area contributed by atoms with Gasteiger partial charge in [0.2, 0.25) is 0 Å². The lowest BCUT2D eigenvalue weighted by molar-refractivity contribution is 0.102. The van der Waals surface area contributed by atoms with Crippen LogP contribution in [0.4, 0.5) is 5.69 Å². The summed E-state index contributed by atoms with van der Waals surface area (Å²) in [5.74, 6) is -0.234. The maximum Gasteiger partial charge on any atom is 0.259 e. The summed E-state index contributed by atoms with van der Waals surface area (Å²) in [7, 11) is 0. The van der Waals surface area contributed by atoms with E-state index in [4.69, 9.17) is 4.42 Å². The molecule has 0 fully saturated rings. The zero-order valence-corrected chi connectivity index (χ0v) is 11.5. The van der Waals surface area contributed by atoms with Crippen molar-refractivity contribution >= 4 is 22.6 Å². The molecule has 0 radical (unpaired) electrons. The van der Waals surface area contributed by atoms with Gasteiger partial charge < -0.3 is 14.8 Å². The molecule has 0 saturated heterocycles. The minimum atomic E-state index is -0.573. The molecule has 106 valence electrons. The summed E-state index contributed by atoms with van der Waals surface area (Å²) in [6.45, 7) is 1.69. The van der Waals surface area contributed by atoms with Gasteiger partial charge in [0.15, 0.2) is 0 Å². The first kappa shape index (κ1) is 13.4. The average molecular weight is 281 g/mol. The van der Waals surface area contributed by atoms with Crippen molar-refractivity contribution in [3.05, 3.63) is 65.9 Å². The molecule has 1 heterocycles. The number of carbonyl (C=O) groups is 1. The Balaban J connectivity index is 1.88. The summed E-state index contributed by atoms with van der Waals surface area (Å²) in [6.07, 6.45) is 0.884. The molecule has 2 aromatic carbocycles. The number of amides is 1. The third-order valence-electron chi connectivity index (χ3n) is 3.35. The molecule has 1 unspecified atom stereocenters. The molecule has 1 atom stereocenters. The van der Waals surface area contributed by atoms with Crippen molar-refractivity contribution in [2.24, 2.45) is 0 Å². The topological polar surface area (TPSA) is 62.5 Å². The van der Waals surface area contributed by atoms with E-state index in [-0.39, 0.29) is 5.91 Å². The molecule has 21 heavy (non-hydrogen) atoms. The molecule has 0 aliphatic rings. The fourth-order valence-electron chi connectivity index (χ4n) is 2.23. The van der Waals surface area contributed by atoms with Crippen molar-refractivity contribution in [2.75, 3.05) is 5.32 Å².